The number of halogens is 2. The maximum atomic E-state index is 2.69. The van der Waals surface area contributed by atoms with Crippen LogP contribution >= 0.6 is 0 Å². The van der Waals surface area contributed by atoms with E-state index < -0.39 is 0 Å². The maximum Gasteiger partial charge on any atom is 2.00 e. The molecule has 0 N–H and O–H groups in total. The molecule has 2 unspecified atom stereocenters. The molecular weight excluding hydrogens is 643 g/mol. The van der Waals surface area contributed by atoms with Gasteiger partial charge in [-0.2, -0.15) is 0 Å². The SMILES string of the molecule is CC(C)C1CC(C2c3ccc(C(C)(C)C)cc3-c3cc(C(C)(C)C)ccc32)(C(C)(C)C)C2=C1CC(C(C)(C)C)=C2.[Cl-].[Cl-].[Zr+2]. The molecule has 0 amide bonds. The van der Waals surface area contributed by atoms with E-state index in [0.717, 1.165) is 6.42 Å². The van der Waals surface area contributed by atoms with Gasteiger partial charge < -0.3 is 24.8 Å². The zero-order chi connectivity index (χ0) is 29.8. The van der Waals surface area contributed by atoms with E-state index in [2.05, 4.69) is 139 Å². The maximum absolute atomic E-state index is 2.69. The molecule has 43 heavy (non-hydrogen) atoms. The molecule has 0 aliphatic heterocycles. The van der Waals surface area contributed by atoms with E-state index in [9.17, 15) is 0 Å². The van der Waals surface area contributed by atoms with Crippen LogP contribution in [0.15, 0.2) is 59.2 Å². The molecule has 0 saturated carbocycles. The second-order valence-electron chi connectivity index (χ2n) is 17.8. The summed E-state index contributed by atoms with van der Waals surface area (Å²) < 4.78 is 0. The number of rotatable bonds is 2. The molecule has 0 saturated heterocycles. The minimum atomic E-state index is 0. The van der Waals surface area contributed by atoms with Crippen molar-refractivity contribution in [1.29, 1.82) is 0 Å². The van der Waals surface area contributed by atoms with E-state index >= 15 is 0 Å². The number of benzene rings is 2. The van der Waals surface area contributed by atoms with Gasteiger partial charge in [0, 0.05) is 11.3 Å². The summed E-state index contributed by atoms with van der Waals surface area (Å²) in [6.45, 7) is 33.9. The van der Waals surface area contributed by atoms with E-state index in [4.69, 9.17) is 0 Å². The average molecular weight is 699 g/mol. The zero-order valence-electron chi connectivity index (χ0n) is 29.4. The quantitative estimate of drug-likeness (QED) is 0.374. The van der Waals surface area contributed by atoms with Crippen LogP contribution in [0, 0.1) is 28.1 Å². The molecule has 3 aliphatic carbocycles. The average Bonchev–Trinajstić information content (AvgIpc) is 3.46. The molecule has 0 aromatic heterocycles. The predicted molar refractivity (Wildman–Crippen MR) is 175 cm³/mol. The Morgan fingerprint density at radius 2 is 1.12 bits per heavy atom. The summed E-state index contributed by atoms with van der Waals surface area (Å²) in [6.07, 6.45) is 5.10. The number of allylic oxidation sites excluding steroid dienone is 4. The molecule has 0 radical (unpaired) electrons. The Labute approximate surface area is 296 Å². The van der Waals surface area contributed by atoms with Crippen molar-refractivity contribution in [3.8, 4) is 11.1 Å². The topological polar surface area (TPSA) is 0 Å². The first kappa shape index (κ1) is 38.6. The van der Waals surface area contributed by atoms with Gasteiger partial charge in [-0.1, -0.05) is 151 Å². The fourth-order valence-corrected chi connectivity index (χ4v) is 8.19. The fourth-order valence-electron chi connectivity index (χ4n) is 8.19. The minimum absolute atomic E-state index is 0. The van der Waals surface area contributed by atoms with E-state index in [-0.39, 0.29) is 78.1 Å². The van der Waals surface area contributed by atoms with E-state index in [0.29, 0.717) is 17.8 Å². The van der Waals surface area contributed by atoms with E-state index in [1.807, 2.05) is 0 Å². The van der Waals surface area contributed by atoms with Gasteiger partial charge in [-0.05, 0) is 85.3 Å². The molecule has 0 bridgehead atoms. The van der Waals surface area contributed by atoms with Crippen molar-refractivity contribution < 1.29 is 51.0 Å². The Balaban J connectivity index is 0.00000215. The number of hydrogen-bond donors (Lipinski definition) is 0. The van der Waals surface area contributed by atoms with E-state index in [1.54, 1.807) is 27.8 Å². The smallest absolute Gasteiger partial charge is 1.00 e. The van der Waals surface area contributed by atoms with Crippen LogP contribution in [0.1, 0.15) is 138 Å². The van der Waals surface area contributed by atoms with Crippen molar-refractivity contribution in [3.05, 3.63) is 81.4 Å². The molecule has 0 heterocycles. The van der Waals surface area contributed by atoms with Crippen molar-refractivity contribution in [2.24, 2.45) is 28.1 Å². The Hall–Kier alpha value is -0.617. The first-order valence-corrected chi connectivity index (χ1v) is 15.9. The Kier molecular flexibility index (Phi) is 10.9. The fraction of sp³-hybridized carbons (Fsp3) is 0.600. The monoisotopic (exact) mass is 696 g/mol. The number of hydrogen-bond acceptors (Lipinski definition) is 0. The Morgan fingerprint density at radius 1 is 0.674 bits per heavy atom. The van der Waals surface area contributed by atoms with Crippen LogP contribution in [-0.2, 0) is 37.0 Å². The molecule has 3 aliphatic rings. The molecule has 0 fully saturated rings. The molecule has 5 rings (SSSR count). The first-order valence-electron chi connectivity index (χ1n) is 15.9. The van der Waals surface area contributed by atoms with Gasteiger partial charge in [0.05, 0.1) is 0 Å². The van der Waals surface area contributed by atoms with Crippen molar-refractivity contribution in [2.75, 3.05) is 0 Å². The summed E-state index contributed by atoms with van der Waals surface area (Å²) in [5, 5.41) is 0. The van der Waals surface area contributed by atoms with Crippen molar-refractivity contribution in [1.82, 2.24) is 0 Å². The van der Waals surface area contributed by atoms with Gasteiger partial charge >= 0.3 is 26.2 Å². The van der Waals surface area contributed by atoms with Gasteiger partial charge in [-0.15, -0.1) is 0 Å². The van der Waals surface area contributed by atoms with Crippen LogP contribution in [-0.4, -0.2) is 0 Å². The zero-order valence-corrected chi connectivity index (χ0v) is 33.4. The van der Waals surface area contributed by atoms with Gasteiger partial charge in [0.2, 0.25) is 0 Å². The van der Waals surface area contributed by atoms with Gasteiger partial charge in [0.1, 0.15) is 0 Å². The third-order valence-electron chi connectivity index (χ3n) is 10.9. The molecule has 0 nitrogen and oxygen atoms in total. The number of fused-ring (bicyclic) bond motifs is 3. The third-order valence-corrected chi connectivity index (χ3v) is 10.9. The molecule has 3 heteroatoms. The van der Waals surface area contributed by atoms with Gasteiger partial charge in [-0.3, -0.25) is 0 Å². The second-order valence-corrected chi connectivity index (χ2v) is 17.8. The molecule has 234 valence electrons. The van der Waals surface area contributed by atoms with E-state index in [1.165, 1.54) is 28.7 Å². The van der Waals surface area contributed by atoms with Gasteiger partial charge in [0.15, 0.2) is 0 Å². The molecular formula is C40H56Cl2Zr. The van der Waals surface area contributed by atoms with Gasteiger partial charge in [0.25, 0.3) is 0 Å². The first-order chi connectivity index (χ1) is 18.2. The normalized spacial score (nSPS) is 21.9. The summed E-state index contributed by atoms with van der Waals surface area (Å²) in [5.41, 5.74) is 14.6. The predicted octanol–water partition coefficient (Wildman–Crippen LogP) is 5.78. The van der Waals surface area contributed by atoms with Crippen molar-refractivity contribution in [3.63, 3.8) is 0 Å². The Bertz CT molecular complexity index is 1350. The van der Waals surface area contributed by atoms with Crippen LogP contribution in [0.25, 0.3) is 11.1 Å². The largest absolute Gasteiger partial charge is 2.00 e. The minimum Gasteiger partial charge on any atom is -1.00 e. The standard InChI is InChI=1S/C40H56.2ClH.Zr/c1-24(2)33-23-40(39(12,13)14,34-22-27(21-32(33)34)38(9,10)11)35-28-17-15-25(36(3,4)5)19-30(28)31-20-26(37(6,7)8)16-18-29(31)35;;;/h15-20,22,24,33,35H,21,23H2,1-14H3;2*1H;/q;;;+2/p-2. The molecule has 2 aromatic carbocycles. The third kappa shape index (κ3) is 6.24. The summed E-state index contributed by atoms with van der Waals surface area (Å²) in [4.78, 5) is 0. The Morgan fingerprint density at radius 3 is 1.47 bits per heavy atom. The van der Waals surface area contributed by atoms with Crippen LogP contribution < -0.4 is 24.8 Å². The van der Waals surface area contributed by atoms with Crippen molar-refractivity contribution in [2.45, 2.75) is 127 Å². The molecule has 2 atom stereocenters. The second kappa shape index (κ2) is 12.2. The van der Waals surface area contributed by atoms with Crippen LogP contribution in [0.2, 0.25) is 0 Å². The van der Waals surface area contributed by atoms with Crippen LogP contribution in [0.4, 0.5) is 0 Å². The van der Waals surface area contributed by atoms with Crippen molar-refractivity contribution >= 4 is 0 Å². The summed E-state index contributed by atoms with van der Waals surface area (Å²) >= 11 is 0. The van der Waals surface area contributed by atoms with Crippen LogP contribution in [0.3, 0.4) is 0 Å². The summed E-state index contributed by atoms with van der Waals surface area (Å²) in [7, 11) is 0. The summed E-state index contributed by atoms with van der Waals surface area (Å²) in [5.74, 6) is 1.65. The molecule has 2 aromatic rings. The summed E-state index contributed by atoms with van der Waals surface area (Å²) in [6, 6.07) is 15.0. The van der Waals surface area contributed by atoms with Crippen LogP contribution in [0.5, 0.6) is 0 Å². The molecule has 0 spiro atoms. The van der Waals surface area contributed by atoms with Gasteiger partial charge in [-0.25, -0.2) is 0 Å².